The van der Waals surface area contributed by atoms with Crippen LogP contribution in [0, 0.1) is 11.8 Å². The zero-order valence-corrected chi connectivity index (χ0v) is 19.6. The minimum Gasteiger partial charge on any atom is -0.495 e. The van der Waals surface area contributed by atoms with Crippen LogP contribution in [0.5, 0.6) is 11.5 Å². The number of rotatable bonds is 9. The number of nitrogens with zero attached hydrogens (tertiary/aromatic N) is 1. The van der Waals surface area contributed by atoms with E-state index in [1.54, 1.807) is 19.1 Å². The van der Waals surface area contributed by atoms with Crippen molar-refractivity contribution in [2.45, 2.75) is 45.1 Å². The first-order valence-corrected chi connectivity index (χ1v) is 11.4. The van der Waals surface area contributed by atoms with Crippen LogP contribution in [0.4, 0.5) is 8.78 Å². The minimum absolute atomic E-state index is 0.198. The molecule has 1 saturated carbocycles. The van der Waals surface area contributed by atoms with Crippen LogP contribution < -0.4 is 14.8 Å². The maximum Gasteiger partial charge on any atom is 0.306 e. The molecule has 1 aliphatic carbocycles. The number of aromatic nitrogens is 1. The van der Waals surface area contributed by atoms with Crippen LogP contribution >= 0.6 is 11.6 Å². The van der Waals surface area contributed by atoms with Crippen molar-refractivity contribution < 1.29 is 33.0 Å². The number of alkyl halides is 2. The van der Waals surface area contributed by atoms with Crippen LogP contribution in [0.2, 0.25) is 5.02 Å². The lowest BCUT2D eigenvalue weighted by Gasteiger charge is -2.26. The van der Waals surface area contributed by atoms with Crippen LogP contribution in [-0.2, 0) is 4.79 Å². The van der Waals surface area contributed by atoms with Crippen LogP contribution in [-0.4, -0.2) is 35.6 Å². The number of methoxy groups -OCH3 is 1. The molecule has 0 bridgehead atoms. The predicted molar refractivity (Wildman–Crippen MR) is 122 cm³/mol. The van der Waals surface area contributed by atoms with Gasteiger partial charge in [0.2, 0.25) is 0 Å². The van der Waals surface area contributed by atoms with E-state index in [9.17, 15) is 18.4 Å². The molecule has 34 heavy (non-hydrogen) atoms. The SMILES string of the molecule is COc1cnc(C(F)F)cc1[C@H](C)Oc1ccc(C(=O)NCC2CCC(C(=O)O)CC2)cc1Cl. The molecule has 1 amide bonds. The summed E-state index contributed by atoms with van der Waals surface area (Å²) in [7, 11) is 1.41. The van der Waals surface area contributed by atoms with Crippen LogP contribution in [0.15, 0.2) is 30.5 Å². The molecular formula is C24H27ClF2N2O5. The third kappa shape index (κ3) is 6.34. The Hall–Kier alpha value is -2.94. The van der Waals surface area contributed by atoms with Gasteiger partial charge in [0, 0.05) is 17.7 Å². The van der Waals surface area contributed by atoms with Gasteiger partial charge in [0.1, 0.15) is 23.3 Å². The maximum absolute atomic E-state index is 13.1. The third-order valence-electron chi connectivity index (χ3n) is 6.05. The number of pyridine rings is 1. The van der Waals surface area contributed by atoms with Crippen molar-refractivity contribution in [2.24, 2.45) is 11.8 Å². The fourth-order valence-corrected chi connectivity index (χ4v) is 4.25. The summed E-state index contributed by atoms with van der Waals surface area (Å²) in [5.41, 5.74) is 0.356. The molecule has 0 radical (unpaired) electrons. The van der Waals surface area contributed by atoms with Crippen molar-refractivity contribution in [1.82, 2.24) is 10.3 Å². The summed E-state index contributed by atoms with van der Waals surface area (Å²) in [5, 5.41) is 12.2. The zero-order valence-electron chi connectivity index (χ0n) is 18.9. The van der Waals surface area contributed by atoms with Gasteiger partial charge in [-0.3, -0.25) is 14.6 Å². The van der Waals surface area contributed by atoms with Gasteiger partial charge >= 0.3 is 5.97 Å². The van der Waals surface area contributed by atoms with Gasteiger partial charge in [0.05, 0.1) is 24.2 Å². The lowest BCUT2D eigenvalue weighted by molar-refractivity contribution is -0.143. The Bertz CT molecular complexity index is 1030. The van der Waals surface area contributed by atoms with Gasteiger partial charge in [-0.1, -0.05) is 11.6 Å². The molecule has 2 N–H and O–H groups in total. The van der Waals surface area contributed by atoms with E-state index in [4.69, 9.17) is 26.2 Å². The highest BCUT2D eigenvalue weighted by molar-refractivity contribution is 6.32. The molecule has 10 heteroatoms. The summed E-state index contributed by atoms with van der Waals surface area (Å²) >= 11 is 6.33. The van der Waals surface area contributed by atoms with Gasteiger partial charge in [-0.25, -0.2) is 8.78 Å². The van der Waals surface area contributed by atoms with Crippen molar-refractivity contribution in [1.29, 1.82) is 0 Å². The molecule has 0 spiro atoms. The number of nitrogens with one attached hydrogen (secondary N) is 1. The molecular weight excluding hydrogens is 470 g/mol. The van der Waals surface area contributed by atoms with E-state index in [1.165, 1.54) is 25.4 Å². The second-order valence-corrected chi connectivity index (χ2v) is 8.73. The Kier molecular flexibility index (Phi) is 8.66. The van der Waals surface area contributed by atoms with E-state index in [0.29, 0.717) is 36.3 Å². The van der Waals surface area contributed by atoms with E-state index in [-0.39, 0.29) is 34.2 Å². The van der Waals surface area contributed by atoms with Gasteiger partial charge in [-0.05, 0) is 62.8 Å². The number of carboxylic acid groups (broad SMARTS) is 1. The zero-order chi connectivity index (χ0) is 24.8. The summed E-state index contributed by atoms with van der Waals surface area (Å²) in [5.74, 6) is -0.511. The smallest absolute Gasteiger partial charge is 0.306 e. The number of carbonyl (C=O) groups is 2. The molecule has 1 aromatic carbocycles. The highest BCUT2D eigenvalue weighted by atomic mass is 35.5. The molecule has 7 nitrogen and oxygen atoms in total. The van der Waals surface area contributed by atoms with Crippen molar-refractivity contribution in [3.63, 3.8) is 0 Å². The number of halogens is 3. The second-order valence-electron chi connectivity index (χ2n) is 8.32. The number of carboxylic acids is 1. The van der Waals surface area contributed by atoms with E-state index < -0.39 is 18.5 Å². The monoisotopic (exact) mass is 496 g/mol. The van der Waals surface area contributed by atoms with Crippen molar-refractivity contribution >= 4 is 23.5 Å². The Balaban J connectivity index is 1.61. The molecule has 1 heterocycles. The Morgan fingerprint density at radius 3 is 2.50 bits per heavy atom. The fraction of sp³-hybridized carbons (Fsp3) is 0.458. The summed E-state index contributed by atoms with van der Waals surface area (Å²) in [6, 6.07) is 5.83. The van der Waals surface area contributed by atoms with E-state index in [0.717, 1.165) is 12.8 Å². The first-order valence-electron chi connectivity index (χ1n) is 11.0. The summed E-state index contributed by atoms with van der Waals surface area (Å²) in [6.07, 6.45) is 0.571. The number of ether oxygens (including phenoxy) is 2. The molecule has 1 aliphatic rings. The normalized spacial score (nSPS) is 18.9. The number of benzene rings is 1. The predicted octanol–water partition coefficient (Wildman–Crippen LogP) is 5.44. The van der Waals surface area contributed by atoms with Gasteiger partial charge in [-0.15, -0.1) is 0 Å². The van der Waals surface area contributed by atoms with Gasteiger partial charge in [0.15, 0.2) is 0 Å². The standard InChI is InChI=1S/C24H27ClF2N2O5/c1-13(17-10-19(22(26)27)28-12-21(17)33-2)34-20-8-7-16(9-18(20)25)23(30)29-11-14-3-5-15(6-4-14)24(31)32/h7-10,12-15,22H,3-6,11H2,1-2H3,(H,29,30)(H,31,32)/t13-,14?,15?/m0/s1. The lowest BCUT2D eigenvalue weighted by Crippen LogP contribution is -2.32. The molecule has 1 aromatic heterocycles. The topological polar surface area (TPSA) is 97.8 Å². The minimum atomic E-state index is -2.73. The highest BCUT2D eigenvalue weighted by Crippen LogP contribution is 2.34. The molecule has 184 valence electrons. The average Bonchev–Trinajstić information content (AvgIpc) is 2.83. The lowest BCUT2D eigenvalue weighted by atomic mass is 9.82. The van der Waals surface area contributed by atoms with Crippen LogP contribution in [0.1, 0.15) is 66.8 Å². The average molecular weight is 497 g/mol. The second kappa shape index (κ2) is 11.5. The fourth-order valence-electron chi connectivity index (χ4n) is 4.03. The third-order valence-corrected chi connectivity index (χ3v) is 6.34. The van der Waals surface area contributed by atoms with Gasteiger partial charge in [-0.2, -0.15) is 0 Å². The molecule has 3 rings (SSSR count). The summed E-state index contributed by atoms with van der Waals surface area (Å²) in [4.78, 5) is 27.3. The summed E-state index contributed by atoms with van der Waals surface area (Å²) in [6.45, 7) is 2.13. The van der Waals surface area contributed by atoms with E-state index in [1.807, 2.05) is 0 Å². The molecule has 1 atom stereocenters. The first-order chi connectivity index (χ1) is 16.2. The van der Waals surface area contributed by atoms with Crippen molar-refractivity contribution in [3.8, 4) is 11.5 Å². The molecule has 1 fully saturated rings. The van der Waals surface area contributed by atoms with Crippen molar-refractivity contribution in [2.75, 3.05) is 13.7 Å². The highest BCUT2D eigenvalue weighted by Gasteiger charge is 2.26. The number of amides is 1. The molecule has 2 aromatic rings. The Morgan fingerprint density at radius 1 is 1.21 bits per heavy atom. The molecule has 0 unspecified atom stereocenters. The van der Waals surface area contributed by atoms with Crippen LogP contribution in [0.25, 0.3) is 0 Å². The molecule has 0 aliphatic heterocycles. The first kappa shape index (κ1) is 25.7. The number of aliphatic carboxylic acids is 1. The number of hydrogen-bond donors (Lipinski definition) is 2. The Morgan fingerprint density at radius 2 is 1.91 bits per heavy atom. The molecule has 0 saturated heterocycles. The van der Waals surface area contributed by atoms with Gasteiger partial charge < -0.3 is 19.9 Å². The largest absolute Gasteiger partial charge is 0.495 e. The quantitative estimate of drug-likeness (QED) is 0.479. The van der Waals surface area contributed by atoms with Crippen LogP contribution in [0.3, 0.4) is 0 Å². The number of carbonyl (C=O) groups excluding carboxylic acids is 1. The van der Waals surface area contributed by atoms with Crippen molar-refractivity contribution in [3.05, 3.63) is 52.3 Å². The van der Waals surface area contributed by atoms with E-state index in [2.05, 4.69) is 10.3 Å². The Labute approximate surface area is 201 Å². The summed E-state index contributed by atoms with van der Waals surface area (Å²) < 4.78 is 37.2. The van der Waals surface area contributed by atoms with E-state index >= 15 is 0 Å². The number of hydrogen-bond acceptors (Lipinski definition) is 5. The maximum atomic E-state index is 13.1. The van der Waals surface area contributed by atoms with Gasteiger partial charge in [0.25, 0.3) is 12.3 Å².